The fourth-order valence-corrected chi connectivity index (χ4v) is 5.58. The number of aliphatic imine (C=N–C) groups is 2. The van der Waals surface area contributed by atoms with Crippen molar-refractivity contribution < 1.29 is 34.5 Å². The summed E-state index contributed by atoms with van der Waals surface area (Å²) in [5.41, 5.74) is 5.46. The molecular weight excluding hydrogens is 514 g/mol. The summed E-state index contributed by atoms with van der Waals surface area (Å²) in [6, 6.07) is -1.26. The van der Waals surface area contributed by atoms with Crippen LogP contribution in [-0.2, 0) is 19.2 Å². The molecule has 0 aliphatic heterocycles. The second kappa shape index (κ2) is 12.3. The Kier molecular flexibility index (Phi) is 10.0. The molecule has 0 saturated heterocycles. The number of aliphatic hydroxyl groups excluding tert-OH is 2. The Morgan fingerprint density at radius 2 is 1.12 bits per heavy atom. The Bertz CT molecular complexity index is 1170. The number of hydrogen-bond donors (Lipinski definition) is 4. The molecule has 0 saturated carbocycles. The van der Waals surface area contributed by atoms with Crippen LogP contribution in [0.15, 0.2) is 43.8 Å². The lowest BCUT2D eigenvalue weighted by Gasteiger charge is -2.29. The van der Waals surface area contributed by atoms with Crippen LogP contribution >= 0.6 is 0 Å². The molecule has 0 bridgehead atoms. The highest BCUT2D eigenvalue weighted by Gasteiger charge is 2.35. The van der Waals surface area contributed by atoms with Gasteiger partial charge in [0, 0.05) is 61.1 Å². The van der Waals surface area contributed by atoms with Crippen molar-refractivity contribution in [2.75, 3.05) is 0 Å². The SMILES string of the molecule is CC(=NC(C)CC(C(N)=O)=C(CC(C)N=C(C)C1=C(O)CC(C)(C)CC1=O)C(=O)O)C1=C(O)CC(C)(C)CC1=O. The fourth-order valence-electron chi connectivity index (χ4n) is 5.58. The van der Waals surface area contributed by atoms with E-state index in [4.69, 9.17) is 5.73 Å². The first-order chi connectivity index (χ1) is 18.2. The highest BCUT2D eigenvalue weighted by Crippen LogP contribution is 2.37. The number of ketones is 2. The largest absolute Gasteiger partial charge is 0.511 e. The lowest BCUT2D eigenvalue weighted by atomic mass is 9.75. The van der Waals surface area contributed by atoms with E-state index in [0.717, 1.165) is 0 Å². The number of Topliss-reactive ketones (excluding diaryl/α,β-unsaturated/α-hetero) is 2. The third kappa shape index (κ3) is 8.22. The quantitative estimate of drug-likeness (QED) is 0.221. The number of rotatable bonds is 10. The van der Waals surface area contributed by atoms with Gasteiger partial charge >= 0.3 is 5.97 Å². The van der Waals surface area contributed by atoms with Crippen molar-refractivity contribution in [1.29, 1.82) is 0 Å². The summed E-state index contributed by atoms with van der Waals surface area (Å²) in [5, 5.41) is 30.9. The van der Waals surface area contributed by atoms with Gasteiger partial charge in [-0.15, -0.1) is 0 Å². The van der Waals surface area contributed by atoms with Gasteiger partial charge < -0.3 is 21.1 Å². The van der Waals surface area contributed by atoms with Gasteiger partial charge in [-0.25, -0.2) is 4.79 Å². The van der Waals surface area contributed by atoms with Gasteiger partial charge in [-0.3, -0.25) is 24.4 Å². The molecule has 2 rings (SSSR count). The zero-order valence-electron chi connectivity index (χ0n) is 24.8. The summed E-state index contributed by atoms with van der Waals surface area (Å²) < 4.78 is 0. The van der Waals surface area contributed by atoms with Crippen LogP contribution in [0.1, 0.15) is 93.9 Å². The van der Waals surface area contributed by atoms with Crippen LogP contribution in [0.5, 0.6) is 0 Å². The molecule has 0 aromatic rings. The van der Waals surface area contributed by atoms with Crippen LogP contribution in [-0.4, -0.2) is 62.3 Å². The molecule has 2 unspecified atom stereocenters. The van der Waals surface area contributed by atoms with Crippen molar-refractivity contribution >= 4 is 34.9 Å². The summed E-state index contributed by atoms with van der Waals surface area (Å²) >= 11 is 0. The molecule has 1 amide bonds. The smallest absolute Gasteiger partial charge is 0.332 e. The van der Waals surface area contributed by atoms with Crippen LogP contribution in [0.2, 0.25) is 0 Å². The Morgan fingerprint density at radius 3 is 1.43 bits per heavy atom. The maximum absolute atomic E-state index is 12.7. The average Bonchev–Trinajstić information content (AvgIpc) is 2.72. The number of nitrogens with two attached hydrogens (primary N) is 1. The van der Waals surface area contributed by atoms with Crippen LogP contribution in [0.25, 0.3) is 0 Å². The predicted octanol–water partition coefficient (Wildman–Crippen LogP) is 4.73. The number of carbonyl (C=O) groups excluding carboxylic acids is 3. The molecule has 40 heavy (non-hydrogen) atoms. The van der Waals surface area contributed by atoms with Crippen molar-refractivity contribution in [1.82, 2.24) is 0 Å². The van der Waals surface area contributed by atoms with Crippen molar-refractivity contribution in [3.05, 3.63) is 33.8 Å². The third-order valence-electron chi connectivity index (χ3n) is 7.18. The van der Waals surface area contributed by atoms with E-state index < -0.39 is 24.0 Å². The molecule has 0 radical (unpaired) electrons. The molecule has 2 aliphatic carbocycles. The number of allylic oxidation sites excluding steroid dienone is 4. The van der Waals surface area contributed by atoms with E-state index in [2.05, 4.69) is 9.98 Å². The first kappa shape index (κ1) is 32.7. The van der Waals surface area contributed by atoms with Crippen LogP contribution in [0.4, 0.5) is 0 Å². The molecule has 2 aliphatic rings. The van der Waals surface area contributed by atoms with Crippen molar-refractivity contribution in [2.24, 2.45) is 26.5 Å². The molecule has 0 aromatic carbocycles. The third-order valence-corrected chi connectivity index (χ3v) is 7.18. The lowest BCUT2D eigenvalue weighted by Crippen LogP contribution is -2.29. The minimum absolute atomic E-state index is 0.0326. The summed E-state index contributed by atoms with van der Waals surface area (Å²) in [7, 11) is 0. The number of carbonyl (C=O) groups is 4. The van der Waals surface area contributed by atoms with E-state index in [1.165, 1.54) is 0 Å². The fraction of sp³-hybridized carbons (Fsp3) is 0.600. The van der Waals surface area contributed by atoms with E-state index in [9.17, 15) is 34.5 Å². The van der Waals surface area contributed by atoms with Gasteiger partial charge in [0.15, 0.2) is 11.6 Å². The number of primary amides is 1. The van der Waals surface area contributed by atoms with Crippen LogP contribution in [0.3, 0.4) is 0 Å². The number of aliphatic hydroxyl groups is 2. The summed E-state index contributed by atoms with van der Waals surface area (Å²) in [4.78, 5) is 58.8. The number of nitrogens with zero attached hydrogens (tertiary/aromatic N) is 2. The van der Waals surface area contributed by atoms with Gasteiger partial charge in [-0.05, 0) is 38.5 Å². The number of aliphatic carboxylic acids is 1. The molecule has 0 heterocycles. The highest BCUT2D eigenvalue weighted by molar-refractivity contribution is 6.23. The number of carboxylic acid groups (broad SMARTS) is 1. The summed E-state index contributed by atoms with van der Waals surface area (Å²) in [6.07, 6.45) is 0.942. The van der Waals surface area contributed by atoms with E-state index in [-0.39, 0.29) is 81.9 Å². The van der Waals surface area contributed by atoms with E-state index in [1.807, 2.05) is 27.7 Å². The zero-order chi connectivity index (χ0) is 30.7. The van der Waals surface area contributed by atoms with E-state index >= 15 is 0 Å². The molecule has 0 aromatic heterocycles. The normalized spacial score (nSPS) is 22.2. The number of carboxylic acids is 1. The van der Waals surface area contributed by atoms with Gasteiger partial charge in [-0.1, -0.05) is 27.7 Å². The Labute approximate surface area is 235 Å². The molecular formula is C30H43N3O7. The molecule has 10 nitrogen and oxygen atoms in total. The first-order valence-corrected chi connectivity index (χ1v) is 13.5. The second-order valence-electron chi connectivity index (χ2n) is 12.7. The summed E-state index contributed by atoms with van der Waals surface area (Å²) in [6.45, 7) is 14.1. The molecule has 2 atom stereocenters. The van der Waals surface area contributed by atoms with Crippen molar-refractivity contribution in [3.63, 3.8) is 0 Å². The average molecular weight is 558 g/mol. The van der Waals surface area contributed by atoms with Gasteiger partial charge in [0.2, 0.25) is 5.91 Å². The van der Waals surface area contributed by atoms with Crippen molar-refractivity contribution in [2.45, 2.75) is 106 Å². The Balaban J connectivity index is 2.35. The van der Waals surface area contributed by atoms with Gasteiger partial charge in [0.05, 0.1) is 23.2 Å². The van der Waals surface area contributed by atoms with Gasteiger partial charge in [0.1, 0.15) is 11.5 Å². The maximum Gasteiger partial charge on any atom is 0.332 e. The molecule has 5 N–H and O–H groups in total. The molecule has 10 heteroatoms. The molecule has 0 spiro atoms. The molecule has 220 valence electrons. The van der Waals surface area contributed by atoms with Crippen LogP contribution in [0, 0.1) is 10.8 Å². The summed E-state index contributed by atoms with van der Waals surface area (Å²) in [5.74, 6) is -2.75. The Morgan fingerprint density at radius 1 is 0.775 bits per heavy atom. The zero-order valence-corrected chi connectivity index (χ0v) is 24.8. The highest BCUT2D eigenvalue weighted by atomic mass is 16.4. The number of hydrogen-bond acceptors (Lipinski definition) is 8. The topological polar surface area (TPSA) is 180 Å². The van der Waals surface area contributed by atoms with Crippen LogP contribution < -0.4 is 5.73 Å². The van der Waals surface area contributed by atoms with Gasteiger partial charge in [-0.2, -0.15) is 0 Å². The minimum atomic E-state index is -1.33. The molecule has 0 fully saturated rings. The van der Waals surface area contributed by atoms with E-state index in [1.54, 1.807) is 27.7 Å². The van der Waals surface area contributed by atoms with Crippen molar-refractivity contribution in [3.8, 4) is 0 Å². The predicted molar refractivity (Wildman–Crippen MR) is 154 cm³/mol. The first-order valence-electron chi connectivity index (χ1n) is 13.5. The van der Waals surface area contributed by atoms with E-state index in [0.29, 0.717) is 24.3 Å². The standard InChI is InChI=1S/C30H43N3O7/c1-15(32-17(3)25-21(34)11-29(5,6)12-22(25)35)9-19(27(31)38)20(28(39)40)10-16(2)33-18(4)26-23(36)13-30(7,8)14-24(26)37/h15-16,34,36H,9-14H2,1-8H3,(H2,31,38)(H,39,40). The Hall–Kier alpha value is -3.56. The second-order valence-corrected chi connectivity index (χ2v) is 12.7. The number of amides is 1. The lowest BCUT2D eigenvalue weighted by molar-refractivity contribution is -0.133. The monoisotopic (exact) mass is 557 g/mol. The minimum Gasteiger partial charge on any atom is -0.511 e. The van der Waals surface area contributed by atoms with Gasteiger partial charge in [0.25, 0.3) is 0 Å². The maximum atomic E-state index is 12.7.